The second-order valence-electron chi connectivity index (χ2n) is 5.99. The van der Waals surface area contributed by atoms with Crippen molar-refractivity contribution in [3.63, 3.8) is 0 Å². The molecule has 2 aromatic carbocycles. The Labute approximate surface area is 151 Å². The lowest BCUT2D eigenvalue weighted by Gasteiger charge is -2.26. The van der Waals surface area contributed by atoms with E-state index in [1.165, 1.54) is 23.8 Å². The summed E-state index contributed by atoms with van der Waals surface area (Å²) < 4.78 is 19.1. The van der Waals surface area contributed by atoms with E-state index < -0.39 is 11.7 Å². The van der Waals surface area contributed by atoms with Crippen LogP contribution in [0.1, 0.15) is 21.5 Å². The lowest BCUT2D eigenvalue weighted by atomic mass is 10.1. The standard InChI is InChI=1S/C19H20ClFN2O2/c20-16-5-2-6-17(21)18(16)19(24)22-12-14-3-1-4-15(11-14)13-23-7-9-25-10-8-23/h1-6,11H,7-10,12-13H2,(H,22,24). The van der Waals surface area contributed by atoms with E-state index in [1.54, 1.807) is 0 Å². The molecule has 3 rings (SSSR count). The first-order valence-corrected chi connectivity index (χ1v) is 8.61. The number of carbonyl (C=O) groups excluding carboxylic acids is 1. The third-order valence-corrected chi connectivity index (χ3v) is 4.46. The fourth-order valence-electron chi connectivity index (χ4n) is 2.84. The van der Waals surface area contributed by atoms with Gasteiger partial charge in [-0.3, -0.25) is 9.69 Å². The van der Waals surface area contributed by atoms with E-state index in [2.05, 4.69) is 22.3 Å². The maximum Gasteiger partial charge on any atom is 0.256 e. The number of ether oxygens (including phenoxy) is 1. The summed E-state index contributed by atoms with van der Waals surface area (Å²) in [5.74, 6) is -1.13. The number of nitrogens with zero attached hydrogens (tertiary/aromatic N) is 1. The highest BCUT2D eigenvalue weighted by Crippen LogP contribution is 2.19. The third-order valence-electron chi connectivity index (χ3n) is 4.14. The van der Waals surface area contributed by atoms with Gasteiger partial charge in [-0.25, -0.2) is 4.39 Å². The van der Waals surface area contributed by atoms with Crippen LogP contribution in [0.15, 0.2) is 42.5 Å². The zero-order valence-corrected chi connectivity index (χ0v) is 14.6. The fraction of sp³-hybridized carbons (Fsp3) is 0.316. The van der Waals surface area contributed by atoms with Crippen molar-refractivity contribution in [2.24, 2.45) is 0 Å². The van der Waals surface area contributed by atoms with Gasteiger partial charge in [0.05, 0.1) is 23.8 Å². The molecule has 0 radical (unpaired) electrons. The number of amides is 1. The van der Waals surface area contributed by atoms with Gasteiger partial charge in [0, 0.05) is 26.2 Å². The Morgan fingerprint density at radius 3 is 2.64 bits per heavy atom. The van der Waals surface area contributed by atoms with Crippen molar-refractivity contribution in [1.29, 1.82) is 0 Å². The lowest BCUT2D eigenvalue weighted by Crippen LogP contribution is -2.35. The van der Waals surface area contributed by atoms with Gasteiger partial charge in [-0.1, -0.05) is 41.9 Å². The molecule has 1 saturated heterocycles. The van der Waals surface area contributed by atoms with Crippen LogP contribution >= 0.6 is 11.6 Å². The van der Waals surface area contributed by atoms with Crippen molar-refractivity contribution in [2.45, 2.75) is 13.1 Å². The molecule has 1 aliphatic heterocycles. The molecule has 0 atom stereocenters. The van der Waals surface area contributed by atoms with E-state index in [0.717, 1.165) is 38.4 Å². The van der Waals surface area contributed by atoms with Crippen molar-refractivity contribution in [3.05, 3.63) is 70.0 Å². The number of hydrogen-bond acceptors (Lipinski definition) is 3. The molecular formula is C19H20ClFN2O2. The molecule has 0 aromatic heterocycles. The Hall–Kier alpha value is -1.95. The lowest BCUT2D eigenvalue weighted by molar-refractivity contribution is 0.0342. The average molecular weight is 363 g/mol. The number of carbonyl (C=O) groups is 1. The zero-order chi connectivity index (χ0) is 17.6. The first kappa shape index (κ1) is 17.9. The van der Waals surface area contributed by atoms with Crippen LogP contribution in [0.2, 0.25) is 5.02 Å². The molecule has 0 spiro atoms. The quantitative estimate of drug-likeness (QED) is 0.887. The normalized spacial score (nSPS) is 15.1. The van der Waals surface area contributed by atoms with Crippen LogP contribution in [0.4, 0.5) is 4.39 Å². The van der Waals surface area contributed by atoms with Gasteiger partial charge in [-0.2, -0.15) is 0 Å². The van der Waals surface area contributed by atoms with E-state index in [-0.39, 0.29) is 10.6 Å². The van der Waals surface area contributed by atoms with Crippen LogP contribution in [0, 0.1) is 5.82 Å². The summed E-state index contributed by atoms with van der Waals surface area (Å²) in [6.45, 7) is 4.54. The molecule has 25 heavy (non-hydrogen) atoms. The summed E-state index contributed by atoms with van der Waals surface area (Å²) in [5, 5.41) is 2.84. The van der Waals surface area contributed by atoms with Gasteiger partial charge in [0.15, 0.2) is 0 Å². The maximum absolute atomic E-state index is 13.8. The highest BCUT2D eigenvalue weighted by Gasteiger charge is 2.15. The molecular weight excluding hydrogens is 343 g/mol. The van der Waals surface area contributed by atoms with E-state index in [0.29, 0.717) is 6.54 Å². The molecule has 1 heterocycles. The predicted molar refractivity (Wildman–Crippen MR) is 95.1 cm³/mol. The summed E-state index contributed by atoms with van der Waals surface area (Å²) >= 11 is 5.92. The maximum atomic E-state index is 13.8. The summed E-state index contributed by atoms with van der Waals surface area (Å²) in [7, 11) is 0. The summed E-state index contributed by atoms with van der Waals surface area (Å²) in [5.41, 5.74) is 2.03. The van der Waals surface area contributed by atoms with Crippen LogP contribution in [0.5, 0.6) is 0 Å². The third kappa shape index (κ3) is 4.78. The molecule has 0 bridgehead atoms. The minimum atomic E-state index is -0.619. The van der Waals surface area contributed by atoms with Crippen LogP contribution in [-0.2, 0) is 17.8 Å². The number of halogens is 2. The molecule has 1 fully saturated rings. The Kier molecular flexibility index (Phi) is 6.02. The number of nitrogens with one attached hydrogen (secondary N) is 1. The Bertz CT molecular complexity index is 728. The Balaban J connectivity index is 1.61. The topological polar surface area (TPSA) is 41.6 Å². The summed E-state index contributed by atoms with van der Waals surface area (Å²) in [6, 6.07) is 12.2. The van der Waals surface area contributed by atoms with Crippen LogP contribution in [0.3, 0.4) is 0 Å². The zero-order valence-electron chi connectivity index (χ0n) is 13.8. The number of morpholine rings is 1. The Morgan fingerprint density at radius 2 is 1.88 bits per heavy atom. The highest BCUT2D eigenvalue weighted by atomic mass is 35.5. The minimum absolute atomic E-state index is 0.110. The molecule has 1 amide bonds. The van der Waals surface area contributed by atoms with Crippen LogP contribution in [0.25, 0.3) is 0 Å². The molecule has 0 unspecified atom stereocenters. The minimum Gasteiger partial charge on any atom is -0.379 e. The van der Waals surface area contributed by atoms with Gasteiger partial charge in [0.2, 0.25) is 0 Å². The molecule has 132 valence electrons. The number of rotatable bonds is 5. The largest absolute Gasteiger partial charge is 0.379 e. The number of benzene rings is 2. The van der Waals surface area contributed by atoms with Crippen molar-refractivity contribution >= 4 is 17.5 Å². The van der Waals surface area contributed by atoms with Crippen molar-refractivity contribution in [2.75, 3.05) is 26.3 Å². The van der Waals surface area contributed by atoms with E-state index in [1.807, 2.05) is 12.1 Å². The molecule has 0 saturated carbocycles. The SMILES string of the molecule is O=C(NCc1cccc(CN2CCOCC2)c1)c1c(F)cccc1Cl. The van der Waals surface area contributed by atoms with E-state index in [4.69, 9.17) is 16.3 Å². The molecule has 1 N–H and O–H groups in total. The van der Waals surface area contributed by atoms with Crippen molar-refractivity contribution in [1.82, 2.24) is 10.2 Å². The second kappa shape index (κ2) is 8.43. The van der Waals surface area contributed by atoms with Gasteiger partial charge in [0.1, 0.15) is 5.82 Å². The van der Waals surface area contributed by atoms with E-state index in [9.17, 15) is 9.18 Å². The van der Waals surface area contributed by atoms with Gasteiger partial charge >= 0.3 is 0 Å². The first-order valence-electron chi connectivity index (χ1n) is 8.23. The van der Waals surface area contributed by atoms with Crippen molar-refractivity contribution in [3.8, 4) is 0 Å². The molecule has 2 aromatic rings. The average Bonchev–Trinajstić information content (AvgIpc) is 2.61. The monoisotopic (exact) mass is 362 g/mol. The second-order valence-corrected chi connectivity index (χ2v) is 6.40. The smallest absolute Gasteiger partial charge is 0.256 e. The summed E-state index contributed by atoms with van der Waals surface area (Å²) in [6.07, 6.45) is 0. The summed E-state index contributed by atoms with van der Waals surface area (Å²) in [4.78, 5) is 14.5. The van der Waals surface area contributed by atoms with Crippen LogP contribution < -0.4 is 5.32 Å². The molecule has 0 aliphatic carbocycles. The molecule has 4 nitrogen and oxygen atoms in total. The first-order chi connectivity index (χ1) is 12.1. The molecule has 6 heteroatoms. The highest BCUT2D eigenvalue weighted by molar-refractivity contribution is 6.33. The van der Waals surface area contributed by atoms with Gasteiger partial charge in [-0.15, -0.1) is 0 Å². The molecule has 1 aliphatic rings. The van der Waals surface area contributed by atoms with Gasteiger partial charge in [0.25, 0.3) is 5.91 Å². The Morgan fingerprint density at radius 1 is 1.16 bits per heavy atom. The predicted octanol–water partition coefficient (Wildman–Crippen LogP) is 3.24. The number of hydrogen-bond donors (Lipinski definition) is 1. The fourth-order valence-corrected chi connectivity index (χ4v) is 3.09. The van der Waals surface area contributed by atoms with Crippen LogP contribution in [-0.4, -0.2) is 37.1 Å². The van der Waals surface area contributed by atoms with Gasteiger partial charge in [-0.05, 0) is 23.3 Å². The van der Waals surface area contributed by atoms with Crippen molar-refractivity contribution < 1.29 is 13.9 Å². The van der Waals surface area contributed by atoms with Gasteiger partial charge < -0.3 is 10.1 Å². The van der Waals surface area contributed by atoms with E-state index >= 15 is 0 Å².